The van der Waals surface area contributed by atoms with Crippen molar-refractivity contribution in [1.82, 2.24) is 10.1 Å². The molecule has 3 rings (SSSR count). The van der Waals surface area contributed by atoms with Crippen molar-refractivity contribution in [3.05, 3.63) is 47.1 Å². The third-order valence-corrected chi connectivity index (χ3v) is 3.75. The third-order valence-electron chi connectivity index (χ3n) is 3.75. The highest BCUT2D eigenvalue weighted by molar-refractivity contribution is 5.24. The summed E-state index contributed by atoms with van der Waals surface area (Å²) in [5, 5.41) is 4.08. The van der Waals surface area contributed by atoms with Gasteiger partial charge < -0.3 is 10.3 Å². The second kappa shape index (κ2) is 5.13. The summed E-state index contributed by atoms with van der Waals surface area (Å²) < 4.78 is 5.38. The molecule has 1 saturated carbocycles. The molecule has 0 saturated heterocycles. The van der Waals surface area contributed by atoms with Crippen LogP contribution in [0.3, 0.4) is 0 Å². The first-order valence-electron chi connectivity index (χ1n) is 6.84. The molecule has 0 bridgehead atoms. The van der Waals surface area contributed by atoms with E-state index in [9.17, 15) is 0 Å². The Hall–Kier alpha value is -1.68. The van der Waals surface area contributed by atoms with E-state index < -0.39 is 0 Å². The Labute approximate surface area is 113 Å². The maximum atomic E-state index is 5.92. The summed E-state index contributed by atoms with van der Waals surface area (Å²) >= 11 is 0. The van der Waals surface area contributed by atoms with E-state index in [-0.39, 0.29) is 6.04 Å². The second-order valence-corrected chi connectivity index (χ2v) is 5.48. The molecule has 1 aromatic carbocycles. The quantitative estimate of drug-likeness (QED) is 0.917. The Balaban J connectivity index is 1.71. The molecule has 0 aliphatic heterocycles. The minimum Gasteiger partial charge on any atom is -0.339 e. The topological polar surface area (TPSA) is 64.9 Å². The molecule has 1 aliphatic carbocycles. The Kier molecular flexibility index (Phi) is 3.34. The van der Waals surface area contributed by atoms with Crippen molar-refractivity contribution in [2.24, 2.45) is 5.73 Å². The lowest BCUT2D eigenvalue weighted by atomic mass is 10.1. The van der Waals surface area contributed by atoms with Gasteiger partial charge in [-0.15, -0.1) is 0 Å². The molecule has 1 fully saturated rings. The predicted molar refractivity (Wildman–Crippen MR) is 72.9 cm³/mol. The van der Waals surface area contributed by atoms with Crippen LogP contribution < -0.4 is 5.73 Å². The van der Waals surface area contributed by atoms with Crippen LogP contribution in [0.25, 0.3) is 0 Å². The number of benzene rings is 1. The van der Waals surface area contributed by atoms with Crippen LogP contribution >= 0.6 is 0 Å². The van der Waals surface area contributed by atoms with E-state index in [2.05, 4.69) is 41.3 Å². The molecule has 100 valence electrons. The average Bonchev–Trinajstić information content (AvgIpc) is 2.98. The van der Waals surface area contributed by atoms with E-state index in [0.29, 0.717) is 5.92 Å². The van der Waals surface area contributed by atoms with Crippen LogP contribution in [0.15, 0.2) is 28.8 Å². The predicted octanol–water partition coefficient (Wildman–Crippen LogP) is 2.56. The number of nitrogens with zero attached hydrogens (tertiary/aromatic N) is 2. The van der Waals surface area contributed by atoms with Gasteiger partial charge in [-0.05, 0) is 31.7 Å². The van der Waals surface area contributed by atoms with Crippen molar-refractivity contribution < 1.29 is 4.52 Å². The van der Waals surface area contributed by atoms with E-state index in [1.807, 2.05) is 0 Å². The van der Waals surface area contributed by atoms with Crippen molar-refractivity contribution in [2.45, 2.75) is 44.6 Å². The first-order chi connectivity index (χ1) is 9.20. The highest BCUT2D eigenvalue weighted by Crippen LogP contribution is 2.32. The van der Waals surface area contributed by atoms with E-state index in [0.717, 1.165) is 37.4 Å². The lowest BCUT2D eigenvalue weighted by Crippen LogP contribution is -2.14. The molecule has 0 amide bonds. The number of nitrogens with two attached hydrogens (primary N) is 1. The standard InChI is InChI=1S/C15H19N3O/c1-10-3-2-4-11(7-10)8-14-17-15(19-18-14)12-5-6-13(16)9-12/h2-4,7,12-13H,5-6,8-9,16H2,1H3. The molecule has 0 radical (unpaired) electrons. The fraction of sp³-hybridized carbons (Fsp3) is 0.467. The van der Waals surface area contributed by atoms with Crippen LogP contribution in [0, 0.1) is 6.92 Å². The number of rotatable bonds is 3. The number of hydrogen-bond donors (Lipinski definition) is 1. The van der Waals surface area contributed by atoms with Crippen molar-refractivity contribution >= 4 is 0 Å². The molecule has 2 unspecified atom stereocenters. The van der Waals surface area contributed by atoms with Crippen molar-refractivity contribution in [2.75, 3.05) is 0 Å². The van der Waals surface area contributed by atoms with Gasteiger partial charge in [-0.2, -0.15) is 4.98 Å². The molecule has 1 aromatic heterocycles. The monoisotopic (exact) mass is 257 g/mol. The van der Waals surface area contributed by atoms with Crippen LogP contribution in [0.4, 0.5) is 0 Å². The van der Waals surface area contributed by atoms with Gasteiger partial charge in [0, 0.05) is 18.4 Å². The Bertz CT molecular complexity index is 564. The number of aromatic nitrogens is 2. The largest absolute Gasteiger partial charge is 0.339 e. The summed E-state index contributed by atoms with van der Waals surface area (Å²) in [5.74, 6) is 1.88. The molecule has 1 heterocycles. The zero-order valence-corrected chi connectivity index (χ0v) is 11.2. The van der Waals surface area contributed by atoms with Crippen LogP contribution in [-0.2, 0) is 6.42 Å². The minimum atomic E-state index is 0.289. The highest BCUT2D eigenvalue weighted by atomic mass is 16.5. The Morgan fingerprint density at radius 1 is 1.37 bits per heavy atom. The van der Waals surface area contributed by atoms with Crippen LogP contribution in [0.1, 0.15) is 48.0 Å². The fourth-order valence-corrected chi connectivity index (χ4v) is 2.75. The van der Waals surface area contributed by atoms with E-state index in [1.54, 1.807) is 0 Å². The summed E-state index contributed by atoms with van der Waals surface area (Å²) in [6.07, 6.45) is 3.81. The molecule has 2 atom stereocenters. The van der Waals surface area contributed by atoms with Gasteiger partial charge in [-0.25, -0.2) is 0 Å². The maximum Gasteiger partial charge on any atom is 0.229 e. The average molecular weight is 257 g/mol. The molecule has 4 nitrogen and oxygen atoms in total. The number of aryl methyl sites for hydroxylation is 1. The molecule has 1 aliphatic rings. The summed E-state index contributed by atoms with van der Waals surface area (Å²) in [5.41, 5.74) is 8.39. The molecular weight excluding hydrogens is 238 g/mol. The molecular formula is C15H19N3O. The van der Waals surface area contributed by atoms with Crippen LogP contribution in [-0.4, -0.2) is 16.2 Å². The maximum absolute atomic E-state index is 5.92. The van der Waals surface area contributed by atoms with Gasteiger partial charge in [0.15, 0.2) is 5.82 Å². The van der Waals surface area contributed by atoms with Gasteiger partial charge in [0.2, 0.25) is 5.89 Å². The first-order valence-corrected chi connectivity index (χ1v) is 6.84. The lowest BCUT2D eigenvalue weighted by molar-refractivity contribution is 0.350. The van der Waals surface area contributed by atoms with Gasteiger partial charge in [0.05, 0.1) is 0 Å². The molecule has 4 heteroatoms. The SMILES string of the molecule is Cc1cccc(Cc2noc(C3CCC(N)C3)n2)c1. The van der Waals surface area contributed by atoms with Crippen molar-refractivity contribution in [3.63, 3.8) is 0 Å². The summed E-state index contributed by atoms with van der Waals surface area (Å²) in [6, 6.07) is 8.68. The second-order valence-electron chi connectivity index (χ2n) is 5.48. The summed E-state index contributed by atoms with van der Waals surface area (Å²) in [7, 11) is 0. The molecule has 2 aromatic rings. The highest BCUT2D eigenvalue weighted by Gasteiger charge is 2.27. The van der Waals surface area contributed by atoms with Crippen LogP contribution in [0.5, 0.6) is 0 Å². The minimum absolute atomic E-state index is 0.289. The van der Waals surface area contributed by atoms with Crippen molar-refractivity contribution in [1.29, 1.82) is 0 Å². The van der Waals surface area contributed by atoms with E-state index in [4.69, 9.17) is 10.3 Å². The zero-order valence-electron chi connectivity index (χ0n) is 11.2. The summed E-state index contributed by atoms with van der Waals surface area (Å²) in [4.78, 5) is 4.52. The van der Waals surface area contributed by atoms with Gasteiger partial charge in [-0.3, -0.25) is 0 Å². The lowest BCUT2D eigenvalue weighted by Gasteiger charge is -2.01. The van der Waals surface area contributed by atoms with Crippen LogP contribution in [0.2, 0.25) is 0 Å². The van der Waals surface area contributed by atoms with Crippen molar-refractivity contribution in [3.8, 4) is 0 Å². The summed E-state index contributed by atoms with van der Waals surface area (Å²) in [6.45, 7) is 2.09. The zero-order chi connectivity index (χ0) is 13.2. The Morgan fingerprint density at radius 2 is 2.26 bits per heavy atom. The normalized spacial score (nSPS) is 22.8. The Morgan fingerprint density at radius 3 is 3.00 bits per heavy atom. The smallest absolute Gasteiger partial charge is 0.229 e. The van der Waals surface area contributed by atoms with E-state index in [1.165, 1.54) is 11.1 Å². The van der Waals surface area contributed by atoms with Gasteiger partial charge in [0.1, 0.15) is 0 Å². The van der Waals surface area contributed by atoms with Gasteiger partial charge >= 0.3 is 0 Å². The fourth-order valence-electron chi connectivity index (χ4n) is 2.75. The van der Waals surface area contributed by atoms with E-state index >= 15 is 0 Å². The van der Waals surface area contributed by atoms with Gasteiger partial charge in [0.25, 0.3) is 0 Å². The molecule has 0 spiro atoms. The first kappa shape index (κ1) is 12.4. The molecule has 19 heavy (non-hydrogen) atoms. The number of hydrogen-bond acceptors (Lipinski definition) is 4. The third kappa shape index (κ3) is 2.84. The van der Waals surface area contributed by atoms with Gasteiger partial charge in [-0.1, -0.05) is 35.0 Å². The molecule has 2 N–H and O–H groups in total.